The summed E-state index contributed by atoms with van der Waals surface area (Å²) in [4.78, 5) is 13.4. The fourth-order valence-corrected chi connectivity index (χ4v) is 16.2. The highest BCUT2D eigenvalue weighted by atomic mass is 19.1. The number of rotatable bonds is 10. The molecule has 3 N–H and O–H groups in total. The number of nitrogens with one attached hydrogen (secondary N) is 1. The Labute approximate surface area is 357 Å². The quantitative estimate of drug-likeness (QED) is 0.151. The van der Waals surface area contributed by atoms with Crippen molar-refractivity contribution >= 4 is 5.97 Å². The minimum atomic E-state index is -1.07. The largest absolute Gasteiger partial charge is 0.465 e. The van der Waals surface area contributed by atoms with E-state index in [0.717, 1.165) is 32.2 Å². The Bertz CT molecular complexity index is 1760. The van der Waals surface area contributed by atoms with E-state index in [1.54, 1.807) is 0 Å². The summed E-state index contributed by atoms with van der Waals surface area (Å²) in [5.41, 5.74) is 2.56. The van der Waals surface area contributed by atoms with Crippen LogP contribution in [0.2, 0.25) is 0 Å². The molecule has 11 atom stereocenters. The van der Waals surface area contributed by atoms with Crippen LogP contribution in [0.3, 0.4) is 0 Å². The van der Waals surface area contributed by atoms with Crippen LogP contribution in [0.4, 0.5) is 4.39 Å². The molecule has 8 rings (SSSR count). The molecule has 11 unspecified atom stereocenters. The van der Waals surface area contributed by atoms with Crippen molar-refractivity contribution in [2.24, 2.45) is 62.6 Å². The Morgan fingerprint density at radius 3 is 2.29 bits per heavy atom. The first-order chi connectivity index (χ1) is 27.8. The smallest absolute Gasteiger partial charge is 0.315 e. The molecule has 5 saturated carbocycles. The Hall–Kier alpha value is -2.02. The molecule has 59 heavy (non-hydrogen) atoms. The summed E-state index contributed by atoms with van der Waals surface area (Å²) in [6.45, 7) is 22.4. The number of allylic oxidation sites excluding steroid dienone is 8. The van der Waals surface area contributed by atoms with Gasteiger partial charge < -0.3 is 20.3 Å². The van der Waals surface area contributed by atoms with Crippen LogP contribution in [0.1, 0.15) is 164 Å². The molecule has 0 saturated heterocycles. The third-order valence-corrected chi connectivity index (χ3v) is 20.1. The van der Waals surface area contributed by atoms with Crippen LogP contribution in [-0.4, -0.2) is 52.7 Å². The van der Waals surface area contributed by atoms with E-state index in [0.29, 0.717) is 74.7 Å². The summed E-state index contributed by atoms with van der Waals surface area (Å²) in [6.07, 6.45) is 30.1. The molecule has 0 bridgehead atoms. The number of hydrogen-bond acceptors (Lipinski definition) is 5. The van der Waals surface area contributed by atoms with Crippen molar-refractivity contribution in [2.75, 3.05) is 19.8 Å². The van der Waals surface area contributed by atoms with E-state index in [4.69, 9.17) is 4.74 Å². The molecular formula is C53H80FNO4. The second-order valence-corrected chi connectivity index (χ2v) is 23.5. The Balaban J connectivity index is 0.992. The molecule has 0 amide bonds. The Morgan fingerprint density at radius 1 is 0.864 bits per heavy atom. The summed E-state index contributed by atoms with van der Waals surface area (Å²) in [7, 11) is 0. The maximum Gasteiger partial charge on any atom is 0.315 e. The lowest BCUT2D eigenvalue weighted by Crippen LogP contribution is -2.68. The van der Waals surface area contributed by atoms with E-state index in [1.165, 1.54) is 68.1 Å². The average molecular weight is 814 g/mol. The van der Waals surface area contributed by atoms with Gasteiger partial charge in [0.05, 0.1) is 23.2 Å². The van der Waals surface area contributed by atoms with Crippen LogP contribution in [-0.2, 0) is 9.53 Å². The molecule has 0 aromatic heterocycles. The number of fused-ring (bicyclic) bond motifs is 7. The number of hydrogen-bond donors (Lipinski definition) is 3. The zero-order valence-corrected chi connectivity index (χ0v) is 38.1. The molecule has 328 valence electrons. The molecule has 0 heterocycles. The lowest BCUT2D eigenvalue weighted by atomic mass is 9.33. The fourth-order valence-electron chi connectivity index (χ4n) is 16.2. The summed E-state index contributed by atoms with van der Waals surface area (Å²) in [5, 5.41) is 26.3. The van der Waals surface area contributed by atoms with Crippen molar-refractivity contribution in [3.8, 4) is 0 Å². The third kappa shape index (κ3) is 7.16. The number of aliphatic hydroxyl groups is 2. The van der Waals surface area contributed by atoms with Gasteiger partial charge in [-0.05, 0) is 198 Å². The van der Waals surface area contributed by atoms with Gasteiger partial charge in [-0.15, -0.1) is 0 Å². The fraction of sp³-hybridized carbons (Fsp3) is 0.792. The molecule has 6 heteroatoms. The van der Waals surface area contributed by atoms with Crippen molar-refractivity contribution in [1.29, 1.82) is 0 Å². The lowest BCUT2D eigenvalue weighted by Gasteiger charge is -2.72. The highest BCUT2D eigenvalue weighted by Crippen LogP contribution is 2.76. The summed E-state index contributed by atoms with van der Waals surface area (Å²) >= 11 is 0. The highest BCUT2D eigenvalue weighted by Gasteiger charge is 2.70. The number of carbonyl (C=O) groups is 1. The van der Waals surface area contributed by atoms with E-state index in [-0.39, 0.29) is 39.1 Å². The van der Waals surface area contributed by atoms with Crippen molar-refractivity contribution in [3.63, 3.8) is 0 Å². The first-order valence-corrected chi connectivity index (χ1v) is 24.1. The van der Waals surface area contributed by atoms with E-state index < -0.39 is 23.3 Å². The molecule has 8 aliphatic carbocycles. The molecule has 8 aliphatic rings. The standard InChI is InChI=1S/C53H80FNO4/c1-36(2)39-18-25-53(55-33-32-52(58)29-26-47(5,57)27-30-52)31-28-49(7)41(44(39)53)14-15-43-48(6)21-19-40(46(3,4)42(48)20-22-50(43,49)8)38-16-23-51(35-54,24-17-38)45(56)59-34-37-12-10-9-11-13-37/h9-12,16,19,37,39,41-44,55,57-58H,1,13-15,17-18,20-35H2,2-8H3. The summed E-state index contributed by atoms with van der Waals surface area (Å²) in [6, 6.07) is 0. The SMILES string of the molecule is C=C(C)C1CCC2(NCCC3(O)CCC(C)(O)CC3)CCC3(C)C(CCC4C5(C)CC=C(C6=CCC(CF)(C(=O)OCC7C=CC=CC7)CC6)C(C)(C)C5CCC43C)C12. The predicted molar refractivity (Wildman–Crippen MR) is 237 cm³/mol. The summed E-state index contributed by atoms with van der Waals surface area (Å²) in [5.74, 6) is 2.79. The zero-order valence-electron chi connectivity index (χ0n) is 38.1. The maximum atomic E-state index is 14.8. The van der Waals surface area contributed by atoms with Gasteiger partial charge in [0.1, 0.15) is 6.67 Å². The normalized spacial score (nSPS) is 47.5. The van der Waals surface area contributed by atoms with Crippen LogP contribution in [0.5, 0.6) is 0 Å². The average Bonchev–Trinajstić information content (AvgIpc) is 3.59. The molecule has 0 radical (unpaired) electrons. The number of esters is 1. The molecule has 5 fully saturated rings. The number of halogens is 1. The van der Waals surface area contributed by atoms with E-state index in [1.807, 2.05) is 19.1 Å². The highest BCUT2D eigenvalue weighted by molar-refractivity contribution is 5.78. The van der Waals surface area contributed by atoms with Crippen molar-refractivity contribution in [3.05, 3.63) is 59.8 Å². The monoisotopic (exact) mass is 814 g/mol. The van der Waals surface area contributed by atoms with E-state index >= 15 is 0 Å². The van der Waals surface area contributed by atoms with E-state index in [2.05, 4.69) is 77.7 Å². The molecule has 0 aromatic carbocycles. The Kier molecular flexibility index (Phi) is 11.4. The molecule has 0 aliphatic heterocycles. The maximum absolute atomic E-state index is 14.8. The van der Waals surface area contributed by atoms with E-state index in [9.17, 15) is 19.4 Å². The molecule has 5 nitrogen and oxygen atoms in total. The Morgan fingerprint density at radius 2 is 1.63 bits per heavy atom. The van der Waals surface area contributed by atoms with Crippen molar-refractivity contribution < 1.29 is 24.1 Å². The van der Waals surface area contributed by atoms with Gasteiger partial charge in [0, 0.05) is 11.5 Å². The minimum Gasteiger partial charge on any atom is -0.465 e. The van der Waals surface area contributed by atoms with Gasteiger partial charge in [-0.3, -0.25) is 4.79 Å². The zero-order chi connectivity index (χ0) is 42.3. The number of ether oxygens (including phenoxy) is 1. The van der Waals surface area contributed by atoms with Gasteiger partial charge in [0.25, 0.3) is 0 Å². The first kappa shape index (κ1) is 43.6. The second-order valence-electron chi connectivity index (χ2n) is 23.5. The molecular weight excluding hydrogens is 734 g/mol. The van der Waals surface area contributed by atoms with Gasteiger partial charge in [0.2, 0.25) is 0 Å². The van der Waals surface area contributed by atoms with Gasteiger partial charge >= 0.3 is 5.97 Å². The second kappa shape index (κ2) is 15.4. The van der Waals surface area contributed by atoms with Crippen LogP contribution >= 0.6 is 0 Å². The van der Waals surface area contributed by atoms with Crippen molar-refractivity contribution in [2.45, 2.75) is 181 Å². The summed E-state index contributed by atoms with van der Waals surface area (Å²) < 4.78 is 20.6. The topological polar surface area (TPSA) is 78.8 Å². The predicted octanol–water partition coefficient (Wildman–Crippen LogP) is 11.7. The molecule has 0 spiro atoms. The van der Waals surface area contributed by atoms with Crippen LogP contribution < -0.4 is 5.32 Å². The van der Waals surface area contributed by atoms with Crippen molar-refractivity contribution in [1.82, 2.24) is 5.32 Å². The third-order valence-electron chi connectivity index (χ3n) is 20.1. The van der Waals surface area contributed by atoms with Gasteiger partial charge in [-0.25, -0.2) is 4.39 Å². The van der Waals surface area contributed by atoms with Gasteiger partial charge in [-0.1, -0.05) is 83.2 Å². The minimum absolute atomic E-state index is 0.00465. The van der Waals surface area contributed by atoms with Gasteiger partial charge in [0.15, 0.2) is 0 Å². The lowest BCUT2D eigenvalue weighted by molar-refractivity contribution is -0.221. The van der Waals surface area contributed by atoms with Gasteiger partial charge in [-0.2, -0.15) is 0 Å². The number of carbonyl (C=O) groups excluding carboxylic acids is 1. The van der Waals surface area contributed by atoms with Crippen LogP contribution in [0, 0.1) is 62.6 Å². The first-order valence-electron chi connectivity index (χ1n) is 24.1. The van der Waals surface area contributed by atoms with Crippen LogP contribution in [0.25, 0.3) is 0 Å². The van der Waals surface area contributed by atoms with Crippen LogP contribution in [0.15, 0.2) is 59.8 Å². The number of alkyl halides is 1. The molecule has 0 aromatic rings.